The second kappa shape index (κ2) is 9.18. The molecule has 2 aliphatic heterocycles. The second-order valence-corrected chi connectivity index (χ2v) is 7.42. The maximum atomic E-state index is 13.0. The molecule has 0 aromatic heterocycles. The number of carbonyl (C=O) groups is 1. The molecule has 0 bridgehead atoms. The number of hydrogen-bond acceptors (Lipinski definition) is 5. The SMILES string of the molecule is COc1ccccc1N1CCN(C(=O)c2cccc(OCC3CCCO3)c2)CC1. The summed E-state index contributed by atoms with van der Waals surface area (Å²) in [6.07, 6.45) is 2.29. The fourth-order valence-corrected chi connectivity index (χ4v) is 3.91. The van der Waals surface area contributed by atoms with Gasteiger partial charge in [-0.3, -0.25) is 4.79 Å². The van der Waals surface area contributed by atoms with Crippen LogP contribution in [0.4, 0.5) is 5.69 Å². The van der Waals surface area contributed by atoms with E-state index in [0.717, 1.165) is 49.7 Å². The molecule has 1 amide bonds. The molecule has 154 valence electrons. The smallest absolute Gasteiger partial charge is 0.254 e. The average molecular weight is 396 g/mol. The summed E-state index contributed by atoms with van der Waals surface area (Å²) in [6, 6.07) is 15.5. The number of benzene rings is 2. The van der Waals surface area contributed by atoms with Crippen molar-refractivity contribution in [3.8, 4) is 11.5 Å². The predicted octanol–water partition coefficient (Wildman–Crippen LogP) is 3.22. The topological polar surface area (TPSA) is 51.2 Å². The molecule has 0 aliphatic carbocycles. The van der Waals surface area contributed by atoms with Crippen molar-refractivity contribution < 1.29 is 19.0 Å². The van der Waals surface area contributed by atoms with Crippen LogP contribution in [0.25, 0.3) is 0 Å². The lowest BCUT2D eigenvalue weighted by atomic mass is 10.1. The van der Waals surface area contributed by atoms with Gasteiger partial charge >= 0.3 is 0 Å². The van der Waals surface area contributed by atoms with Crippen molar-refractivity contribution in [2.45, 2.75) is 18.9 Å². The van der Waals surface area contributed by atoms with E-state index >= 15 is 0 Å². The Bertz CT molecular complexity index is 827. The maximum absolute atomic E-state index is 13.0. The Labute approximate surface area is 172 Å². The molecule has 2 heterocycles. The molecule has 2 fully saturated rings. The average Bonchev–Trinajstić information content (AvgIpc) is 3.31. The van der Waals surface area contributed by atoms with Crippen LogP contribution in [0.5, 0.6) is 11.5 Å². The van der Waals surface area contributed by atoms with Crippen molar-refractivity contribution in [1.82, 2.24) is 4.90 Å². The highest BCUT2D eigenvalue weighted by atomic mass is 16.5. The van der Waals surface area contributed by atoms with E-state index in [1.165, 1.54) is 0 Å². The Morgan fingerprint density at radius 3 is 2.69 bits per heavy atom. The molecule has 0 spiro atoms. The summed E-state index contributed by atoms with van der Waals surface area (Å²) in [4.78, 5) is 17.2. The van der Waals surface area contributed by atoms with Gasteiger partial charge < -0.3 is 24.0 Å². The van der Waals surface area contributed by atoms with Crippen LogP contribution >= 0.6 is 0 Å². The minimum atomic E-state index is 0.0484. The van der Waals surface area contributed by atoms with Gasteiger partial charge in [-0.25, -0.2) is 0 Å². The van der Waals surface area contributed by atoms with Crippen molar-refractivity contribution in [2.24, 2.45) is 0 Å². The molecule has 6 heteroatoms. The minimum absolute atomic E-state index is 0.0484. The Morgan fingerprint density at radius 1 is 1.10 bits per heavy atom. The molecule has 2 aromatic carbocycles. The first-order valence-corrected chi connectivity index (χ1v) is 10.3. The first-order chi connectivity index (χ1) is 14.2. The lowest BCUT2D eigenvalue weighted by Crippen LogP contribution is -2.48. The molecular weight excluding hydrogens is 368 g/mol. The molecule has 0 radical (unpaired) electrons. The van der Waals surface area contributed by atoms with E-state index in [0.29, 0.717) is 25.3 Å². The summed E-state index contributed by atoms with van der Waals surface area (Å²) in [7, 11) is 1.69. The molecule has 6 nitrogen and oxygen atoms in total. The van der Waals surface area contributed by atoms with Crippen LogP contribution in [-0.4, -0.2) is 63.4 Å². The van der Waals surface area contributed by atoms with E-state index in [-0.39, 0.29) is 12.0 Å². The first kappa shape index (κ1) is 19.6. The fourth-order valence-electron chi connectivity index (χ4n) is 3.91. The number of carbonyl (C=O) groups excluding carboxylic acids is 1. The highest BCUT2D eigenvalue weighted by Gasteiger charge is 2.24. The van der Waals surface area contributed by atoms with Crippen LogP contribution in [0, 0.1) is 0 Å². The third-order valence-electron chi connectivity index (χ3n) is 5.53. The molecule has 2 aliphatic rings. The summed E-state index contributed by atoms with van der Waals surface area (Å²) >= 11 is 0. The number of methoxy groups -OCH3 is 1. The van der Waals surface area contributed by atoms with Crippen molar-refractivity contribution in [1.29, 1.82) is 0 Å². The standard InChI is InChI=1S/C23H28N2O4/c1-27-22-10-3-2-9-21(22)24-11-13-25(14-12-24)23(26)18-6-4-7-19(16-18)29-17-20-8-5-15-28-20/h2-4,6-7,9-10,16,20H,5,8,11-15,17H2,1H3. The van der Waals surface area contributed by atoms with Crippen molar-refractivity contribution in [3.05, 3.63) is 54.1 Å². The summed E-state index contributed by atoms with van der Waals surface area (Å²) in [5.74, 6) is 1.63. The van der Waals surface area contributed by atoms with Crippen molar-refractivity contribution in [3.63, 3.8) is 0 Å². The second-order valence-electron chi connectivity index (χ2n) is 7.42. The van der Waals surface area contributed by atoms with E-state index < -0.39 is 0 Å². The third-order valence-corrected chi connectivity index (χ3v) is 5.53. The van der Waals surface area contributed by atoms with Crippen LogP contribution in [-0.2, 0) is 4.74 Å². The van der Waals surface area contributed by atoms with Gasteiger partial charge in [-0.1, -0.05) is 18.2 Å². The zero-order valence-corrected chi connectivity index (χ0v) is 16.9. The van der Waals surface area contributed by atoms with E-state index in [4.69, 9.17) is 14.2 Å². The number of amides is 1. The van der Waals surface area contributed by atoms with Gasteiger partial charge in [0.15, 0.2) is 0 Å². The van der Waals surface area contributed by atoms with E-state index in [2.05, 4.69) is 11.0 Å². The van der Waals surface area contributed by atoms with Gasteiger partial charge in [-0.15, -0.1) is 0 Å². The largest absolute Gasteiger partial charge is 0.495 e. The molecule has 0 N–H and O–H groups in total. The predicted molar refractivity (Wildman–Crippen MR) is 112 cm³/mol. The molecule has 1 atom stereocenters. The van der Waals surface area contributed by atoms with Gasteiger partial charge in [-0.05, 0) is 43.2 Å². The van der Waals surface area contributed by atoms with E-state index in [1.807, 2.05) is 47.4 Å². The molecule has 2 saturated heterocycles. The normalized spacial score (nSPS) is 19.3. The fraction of sp³-hybridized carbons (Fsp3) is 0.435. The van der Waals surface area contributed by atoms with Crippen LogP contribution < -0.4 is 14.4 Å². The summed E-state index contributed by atoms with van der Waals surface area (Å²) in [5.41, 5.74) is 1.74. The van der Waals surface area contributed by atoms with Crippen LogP contribution in [0.2, 0.25) is 0 Å². The van der Waals surface area contributed by atoms with Gasteiger partial charge in [0.25, 0.3) is 5.91 Å². The number of anilines is 1. The monoisotopic (exact) mass is 396 g/mol. The third kappa shape index (κ3) is 4.65. The van der Waals surface area contributed by atoms with Gasteiger partial charge in [0.1, 0.15) is 18.1 Å². The Kier molecular flexibility index (Phi) is 6.20. The van der Waals surface area contributed by atoms with E-state index in [9.17, 15) is 4.79 Å². The molecule has 4 rings (SSSR count). The number of hydrogen-bond donors (Lipinski definition) is 0. The summed E-state index contributed by atoms with van der Waals surface area (Å²) in [5, 5.41) is 0. The number of ether oxygens (including phenoxy) is 3. The Balaban J connectivity index is 1.35. The molecule has 29 heavy (non-hydrogen) atoms. The van der Waals surface area contributed by atoms with Gasteiger partial charge in [0, 0.05) is 38.3 Å². The molecule has 0 saturated carbocycles. The maximum Gasteiger partial charge on any atom is 0.254 e. The minimum Gasteiger partial charge on any atom is -0.495 e. The number of nitrogens with zero attached hydrogens (tertiary/aromatic N) is 2. The van der Waals surface area contributed by atoms with E-state index in [1.54, 1.807) is 7.11 Å². The van der Waals surface area contributed by atoms with Gasteiger partial charge in [-0.2, -0.15) is 0 Å². The molecular formula is C23H28N2O4. The molecule has 2 aromatic rings. The van der Waals surface area contributed by atoms with Gasteiger partial charge in [0.05, 0.1) is 18.9 Å². The lowest BCUT2D eigenvalue weighted by Gasteiger charge is -2.36. The van der Waals surface area contributed by atoms with Crippen LogP contribution in [0.15, 0.2) is 48.5 Å². The highest BCUT2D eigenvalue weighted by Crippen LogP contribution is 2.28. The van der Waals surface area contributed by atoms with Gasteiger partial charge in [0.2, 0.25) is 0 Å². The van der Waals surface area contributed by atoms with Crippen molar-refractivity contribution in [2.75, 3.05) is 51.4 Å². The zero-order chi connectivity index (χ0) is 20.1. The summed E-state index contributed by atoms with van der Waals surface area (Å²) in [6.45, 7) is 4.26. The highest BCUT2D eigenvalue weighted by molar-refractivity contribution is 5.94. The molecule has 1 unspecified atom stereocenters. The van der Waals surface area contributed by atoms with Crippen LogP contribution in [0.1, 0.15) is 23.2 Å². The first-order valence-electron chi connectivity index (χ1n) is 10.3. The Morgan fingerprint density at radius 2 is 1.93 bits per heavy atom. The quantitative estimate of drug-likeness (QED) is 0.751. The lowest BCUT2D eigenvalue weighted by molar-refractivity contribution is 0.0677. The number of rotatable bonds is 6. The zero-order valence-electron chi connectivity index (χ0n) is 16.9. The number of piperazine rings is 1. The van der Waals surface area contributed by atoms with Crippen molar-refractivity contribution >= 4 is 11.6 Å². The Hall–Kier alpha value is -2.73. The summed E-state index contributed by atoms with van der Waals surface area (Å²) < 4.78 is 16.9. The number of para-hydroxylation sites is 2. The van der Waals surface area contributed by atoms with Crippen LogP contribution in [0.3, 0.4) is 0 Å².